The SMILES string of the molecule is Cn1c(SCC(=O)N2CCC[C@H](c3nc4ccccc4s3)C2)nnc1-c1ccncc1. The van der Waals surface area contributed by atoms with E-state index in [-0.39, 0.29) is 5.91 Å². The van der Waals surface area contributed by atoms with Gasteiger partial charge in [0.05, 0.1) is 21.0 Å². The van der Waals surface area contributed by atoms with Crippen LogP contribution < -0.4 is 0 Å². The Morgan fingerprint density at radius 1 is 1.19 bits per heavy atom. The molecule has 1 amide bonds. The molecule has 0 radical (unpaired) electrons. The van der Waals surface area contributed by atoms with Crippen LogP contribution in [0.25, 0.3) is 21.6 Å². The highest BCUT2D eigenvalue weighted by molar-refractivity contribution is 7.99. The number of benzene rings is 1. The number of fused-ring (bicyclic) bond motifs is 1. The zero-order valence-corrected chi connectivity index (χ0v) is 18.8. The molecule has 158 valence electrons. The van der Waals surface area contributed by atoms with Crippen LogP contribution in [0.2, 0.25) is 0 Å². The number of carbonyl (C=O) groups excluding carboxylic acids is 1. The number of thiazole rings is 1. The van der Waals surface area contributed by atoms with Gasteiger partial charge in [-0.3, -0.25) is 9.78 Å². The van der Waals surface area contributed by atoms with Crippen molar-refractivity contribution in [2.45, 2.75) is 23.9 Å². The molecule has 0 unspecified atom stereocenters. The first-order valence-corrected chi connectivity index (χ1v) is 12.0. The summed E-state index contributed by atoms with van der Waals surface area (Å²) in [6.45, 7) is 1.54. The van der Waals surface area contributed by atoms with Crippen molar-refractivity contribution in [2.24, 2.45) is 7.05 Å². The summed E-state index contributed by atoms with van der Waals surface area (Å²) in [5.41, 5.74) is 2.01. The Morgan fingerprint density at radius 2 is 2.03 bits per heavy atom. The van der Waals surface area contributed by atoms with Gasteiger partial charge in [0, 0.05) is 44.0 Å². The minimum absolute atomic E-state index is 0.143. The molecule has 9 heteroatoms. The molecule has 5 rings (SSSR count). The van der Waals surface area contributed by atoms with E-state index in [2.05, 4.69) is 27.3 Å². The number of rotatable bonds is 5. The van der Waals surface area contributed by atoms with E-state index in [1.54, 1.807) is 23.7 Å². The zero-order chi connectivity index (χ0) is 21.2. The van der Waals surface area contributed by atoms with E-state index < -0.39 is 0 Å². The van der Waals surface area contributed by atoms with Crippen molar-refractivity contribution in [1.82, 2.24) is 29.6 Å². The van der Waals surface area contributed by atoms with Crippen LogP contribution in [0.15, 0.2) is 53.9 Å². The fraction of sp³-hybridized carbons (Fsp3) is 0.318. The Bertz CT molecular complexity index is 1170. The van der Waals surface area contributed by atoms with E-state index in [1.165, 1.54) is 16.5 Å². The van der Waals surface area contributed by atoms with Gasteiger partial charge in [0.15, 0.2) is 11.0 Å². The second kappa shape index (κ2) is 8.76. The van der Waals surface area contributed by atoms with Gasteiger partial charge in [-0.25, -0.2) is 4.98 Å². The van der Waals surface area contributed by atoms with Gasteiger partial charge in [-0.05, 0) is 37.1 Å². The Balaban J connectivity index is 1.23. The van der Waals surface area contributed by atoms with Crippen molar-refractivity contribution in [3.63, 3.8) is 0 Å². The van der Waals surface area contributed by atoms with E-state index >= 15 is 0 Å². The summed E-state index contributed by atoms with van der Waals surface area (Å²) >= 11 is 3.18. The molecule has 0 spiro atoms. The molecule has 0 bridgehead atoms. The predicted molar refractivity (Wildman–Crippen MR) is 123 cm³/mol. The standard InChI is InChI=1S/C22H22N6OS2/c1-27-20(15-8-10-23-11-9-15)25-26-22(27)30-14-19(29)28-12-4-5-16(13-28)21-24-17-6-2-3-7-18(17)31-21/h2-3,6-11,16H,4-5,12-14H2,1H3/t16-/m0/s1. The maximum atomic E-state index is 12.9. The normalized spacial score (nSPS) is 16.7. The number of hydrogen-bond donors (Lipinski definition) is 0. The van der Waals surface area contributed by atoms with E-state index in [1.807, 2.05) is 40.8 Å². The number of amides is 1. The van der Waals surface area contributed by atoms with Crippen LogP contribution in [-0.2, 0) is 11.8 Å². The molecule has 1 fully saturated rings. The maximum Gasteiger partial charge on any atom is 0.233 e. The summed E-state index contributed by atoms with van der Waals surface area (Å²) in [5.74, 6) is 1.58. The Kier molecular flexibility index (Phi) is 5.69. The molecule has 3 aromatic heterocycles. The Labute approximate surface area is 188 Å². The minimum Gasteiger partial charge on any atom is -0.341 e. The highest BCUT2D eigenvalue weighted by Crippen LogP contribution is 2.33. The van der Waals surface area contributed by atoms with Gasteiger partial charge in [-0.1, -0.05) is 23.9 Å². The first kappa shape index (κ1) is 20.1. The average Bonchev–Trinajstić information content (AvgIpc) is 3.41. The summed E-state index contributed by atoms with van der Waals surface area (Å²) in [7, 11) is 1.92. The minimum atomic E-state index is 0.143. The van der Waals surface area contributed by atoms with E-state index in [0.717, 1.165) is 53.0 Å². The lowest BCUT2D eigenvalue weighted by Crippen LogP contribution is -2.40. The molecule has 31 heavy (non-hydrogen) atoms. The number of pyridine rings is 1. The van der Waals surface area contributed by atoms with Crippen LogP contribution in [0.3, 0.4) is 0 Å². The number of hydrogen-bond acceptors (Lipinski definition) is 7. The summed E-state index contributed by atoms with van der Waals surface area (Å²) in [6, 6.07) is 12.0. The monoisotopic (exact) mass is 450 g/mol. The smallest absolute Gasteiger partial charge is 0.233 e. The van der Waals surface area contributed by atoms with E-state index in [4.69, 9.17) is 4.98 Å². The third kappa shape index (κ3) is 4.20. The third-order valence-electron chi connectivity index (χ3n) is 5.53. The van der Waals surface area contributed by atoms with E-state index in [9.17, 15) is 4.79 Å². The lowest BCUT2D eigenvalue weighted by atomic mass is 9.99. The van der Waals surface area contributed by atoms with E-state index in [0.29, 0.717) is 11.7 Å². The molecule has 4 aromatic rings. The molecule has 4 heterocycles. The number of nitrogens with zero attached hydrogens (tertiary/aromatic N) is 6. The number of carbonyl (C=O) groups is 1. The number of thioether (sulfide) groups is 1. The van der Waals surface area contributed by atoms with Crippen LogP contribution in [0.5, 0.6) is 0 Å². The second-order valence-electron chi connectivity index (χ2n) is 7.59. The van der Waals surface area contributed by atoms with Crippen molar-refractivity contribution in [3.8, 4) is 11.4 Å². The second-order valence-corrected chi connectivity index (χ2v) is 9.59. The molecule has 1 aliphatic rings. The predicted octanol–water partition coefficient (Wildman–Crippen LogP) is 3.99. The number of piperidine rings is 1. The highest BCUT2D eigenvalue weighted by Gasteiger charge is 2.27. The fourth-order valence-corrected chi connectivity index (χ4v) is 5.79. The lowest BCUT2D eigenvalue weighted by Gasteiger charge is -2.31. The Hall–Kier alpha value is -2.78. The van der Waals surface area contributed by atoms with Crippen LogP contribution in [0, 0.1) is 0 Å². The summed E-state index contributed by atoms with van der Waals surface area (Å²) in [5, 5.41) is 10.4. The van der Waals surface area contributed by atoms with Crippen molar-refractivity contribution >= 4 is 39.2 Å². The molecule has 1 atom stereocenters. The largest absolute Gasteiger partial charge is 0.341 e. The van der Waals surface area contributed by atoms with Crippen LogP contribution in [0.1, 0.15) is 23.8 Å². The molecule has 7 nitrogen and oxygen atoms in total. The Morgan fingerprint density at radius 3 is 2.87 bits per heavy atom. The highest BCUT2D eigenvalue weighted by atomic mass is 32.2. The molecule has 0 N–H and O–H groups in total. The molecule has 1 saturated heterocycles. The fourth-order valence-electron chi connectivity index (χ4n) is 3.88. The zero-order valence-electron chi connectivity index (χ0n) is 17.1. The van der Waals surface area contributed by atoms with Crippen LogP contribution in [-0.4, -0.2) is 54.4 Å². The summed E-state index contributed by atoms with van der Waals surface area (Å²) in [6.07, 6.45) is 5.56. The van der Waals surface area contributed by atoms with Crippen molar-refractivity contribution < 1.29 is 4.79 Å². The molecular formula is C22H22N6OS2. The van der Waals surface area contributed by atoms with Gasteiger partial charge < -0.3 is 9.47 Å². The van der Waals surface area contributed by atoms with Gasteiger partial charge in [0.25, 0.3) is 0 Å². The number of para-hydroxylation sites is 1. The first-order valence-electron chi connectivity index (χ1n) is 10.2. The average molecular weight is 451 g/mol. The summed E-state index contributed by atoms with van der Waals surface area (Å²) in [4.78, 5) is 23.8. The van der Waals surface area contributed by atoms with Crippen molar-refractivity contribution in [1.29, 1.82) is 0 Å². The molecule has 0 saturated carbocycles. The molecule has 1 aromatic carbocycles. The van der Waals surface area contributed by atoms with Gasteiger partial charge in [-0.2, -0.15) is 0 Å². The van der Waals surface area contributed by atoms with Gasteiger partial charge in [0.1, 0.15) is 0 Å². The summed E-state index contributed by atoms with van der Waals surface area (Å²) < 4.78 is 3.14. The van der Waals surface area contributed by atoms with Crippen molar-refractivity contribution in [2.75, 3.05) is 18.8 Å². The third-order valence-corrected chi connectivity index (χ3v) is 7.74. The topological polar surface area (TPSA) is 76.8 Å². The lowest BCUT2D eigenvalue weighted by molar-refractivity contribution is -0.129. The van der Waals surface area contributed by atoms with Gasteiger partial charge in [0.2, 0.25) is 5.91 Å². The van der Waals surface area contributed by atoms with Crippen molar-refractivity contribution in [3.05, 3.63) is 53.8 Å². The van der Waals surface area contributed by atoms with Gasteiger partial charge >= 0.3 is 0 Å². The van der Waals surface area contributed by atoms with Gasteiger partial charge in [-0.15, -0.1) is 21.5 Å². The number of likely N-dealkylation sites (tertiary alicyclic amines) is 1. The first-order chi connectivity index (χ1) is 15.2. The molecule has 0 aliphatic carbocycles. The molecular weight excluding hydrogens is 428 g/mol. The number of aromatic nitrogens is 5. The quantitative estimate of drug-likeness (QED) is 0.428. The van der Waals surface area contributed by atoms with Crippen LogP contribution in [0.4, 0.5) is 0 Å². The maximum absolute atomic E-state index is 12.9. The van der Waals surface area contributed by atoms with Crippen LogP contribution >= 0.6 is 23.1 Å². The molecule has 1 aliphatic heterocycles.